The summed E-state index contributed by atoms with van der Waals surface area (Å²) in [5.41, 5.74) is 2.93. The average Bonchev–Trinajstić information content (AvgIpc) is 3.05. The van der Waals surface area contributed by atoms with Crippen LogP contribution in [0.3, 0.4) is 0 Å². The van der Waals surface area contributed by atoms with Gasteiger partial charge < -0.3 is 29.6 Å². The molecule has 29 heavy (non-hydrogen) atoms. The maximum absolute atomic E-state index is 12.5. The molecule has 154 valence electrons. The van der Waals surface area contributed by atoms with E-state index in [1.54, 1.807) is 32.4 Å². The molecule has 1 unspecified atom stereocenters. The summed E-state index contributed by atoms with van der Waals surface area (Å²) in [6.07, 6.45) is 2.13. The molecule has 0 fully saturated rings. The predicted molar refractivity (Wildman–Crippen MR) is 116 cm³/mol. The topological polar surface area (TPSA) is 67.8 Å². The highest BCUT2D eigenvalue weighted by molar-refractivity contribution is 5.91. The number of benzene rings is 2. The minimum atomic E-state index is -0.291. The Morgan fingerprint density at radius 2 is 1.90 bits per heavy atom. The maximum Gasteiger partial charge on any atom is 0.319 e. The second-order valence-corrected chi connectivity index (χ2v) is 7.09. The van der Waals surface area contributed by atoms with Crippen LogP contribution in [0.1, 0.15) is 11.6 Å². The van der Waals surface area contributed by atoms with Gasteiger partial charge in [-0.05, 0) is 37.9 Å². The van der Waals surface area contributed by atoms with E-state index in [9.17, 15) is 4.79 Å². The van der Waals surface area contributed by atoms with Gasteiger partial charge in [0.2, 0.25) is 0 Å². The quantitative estimate of drug-likeness (QED) is 0.640. The molecule has 1 heterocycles. The normalized spacial score (nSPS) is 12.1. The lowest BCUT2D eigenvalue weighted by molar-refractivity contribution is 0.243. The number of amides is 2. The number of fused-ring (bicyclic) bond motifs is 1. The highest BCUT2D eigenvalue weighted by Crippen LogP contribution is 2.30. The van der Waals surface area contributed by atoms with E-state index in [0.29, 0.717) is 23.7 Å². The zero-order valence-electron chi connectivity index (χ0n) is 17.5. The molecular formula is C22H28N4O3. The molecule has 0 bridgehead atoms. The largest absolute Gasteiger partial charge is 0.497 e. The summed E-state index contributed by atoms with van der Waals surface area (Å²) in [4.78, 5) is 14.6. The zero-order chi connectivity index (χ0) is 21.0. The number of anilines is 1. The van der Waals surface area contributed by atoms with Crippen molar-refractivity contribution in [2.45, 2.75) is 6.04 Å². The van der Waals surface area contributed by atoms with Gasteiger partial charge in [0.15, 0.2) is 0 Å². The van der Waals surface area contributed by atoms with E-state index < -0.39 is 0 Å². The van der Waals surface area contributed by atoms with Crippen molar-refractivity contribution in [2.75, 3.05) is 40.2 Å². The fourth-order valence-corrected chi connectivity index (χ4v) is 3.47. The molecule has 2 aromatic carbocycles. The predicted octanol–water partition coefficient (Wildman–Crippen LogP) is 3.62. The van der Waals surface area contributed by atoms with Crippen LogP contribution in [0.25, 0.3) is 10.9 Å². The fourth-order valence-electron chi connectivity index (χ4n) is 3.47. The van der Waals surface area contributed by atoms with Gasteiger partial charge in [-0.15, -0.1) is 0 Å². The van der Waals surface area contributed by atoms with Gasteiger partial charge in [-0.3, -0.25) is 0 Å². The van der Waals surface area contributed by atoms with Gasteiger partial charge in [-0.25, -0.2) is 4.79 Å². The third-order valence-electron chi connectivity index (χ3n) is 5.02. The first-order valence-electron chi connectivity index (χ1n) is 9.42. The number of hydrogen-bond donors (Lipinski definition) is 2. The highest BCUT2D eigenvalue weighted by atomic mass is 16.5. The molecule has 0 radical (unpaired) electrons. The number of aryl methyl sites for hydroxylation is 1. The number of carbonyl (C=O) groups excluding carboxylic acids is 1. The second-order valence-electron chi connectivity index (χ2n) is 7.09. The van der Waals surface area contributed by atoms with Crippen molar-refractivity contribution in [3.8, 4) is 11.5 Å². The van der Waals surface area contributed by atoms with Gasteiger partial charge in [0, 0.05) is 36.8 Å². The van der Waals surface area contributed by atoms with E-state index in [1.807, 2.05) is 33.3 Å². The van der Waals surface area contributed by atoms with Crippen molar-refractivity contribution in [3.63, 3.8) is 0 Å². The Morgan fingerprint density at radius 1 is 1.14 bits per heavy atom. The molecule has 1 atom stereocenters. The van der Waals surface area contributed by atoms with Crippen LogP contribution < -0.4 is 20.1 Å². The van der Waals surface area contributed by atoms with Gasteiger partial charge >= 0.3 is 6.03 Å². The maximum atomic E-state index is 12.5. The number of urea groups is 1. The van der Waals surface area contributed by atoms with Crippen molar-refractivity contribution in [2.24, 2.45) is 7.05 Å². The van der Waals surface area contributed by atoms with E-state index in [-0.39, 0.29) is 12.1 Å². The second kappa shape index (κ2) is 8.87. The lowest BCUT2D eigenvalue weighted by Gasteiger charge is -2.24. The summed E-state index contributed by atoms with van der Waals surface area (Å²) in [5, 5.41) is 7.01. The first kappa shape index (κ1) is 20.5. The molecule has 2 amide bonds. The summed E-state index contributed by atoms with van der Waals surface area (Å²) in [5.74, 6) is 1.20. The number of carbonyl (C=O) groups is 1. The summed E-state index contributed by atoms with van der Waals surface area (Å²) in [7, 11) is 9.20. The van der Waals surface area contributed by atoms with Gasteiger partial charge in [-0.2, -0.15) is 0 Å². The molecule has 1 aromatic heterocycles. The number of likely N-dealkylation sites (N-methyl/N-ethyl adjacent to an activating group) is 1. The van der Waals surface area contributed by atoms with Crippen molar-refractivity contribution in [3.05, 3.63) is 54.2 Å². The van der Waals surface area contributed by atoms with E-state index >= 15 is 0 Å². The number of rotatable bonds is 7. The van der Waals surface area contributed by atoms with Crippen molar-refractivity contribution >= 4 is 22.6 Å². The number of hydrogen-bond acceptors (Lipinski definition) is 4. The van der Waals surface area contributed by atoms with Crippen LogP contribution in [0.15, 0.2) is 48.7 Å². The molecule has 0 saturated heterocycles. The Labute approximate surface area is 171 Å². The Hall–Kier alpha value is -3.19. The van der Waals surface area contributed by atoms with Gasteiger partial charge in [-0.1, -0.05) is 18.2 Å². The van der Waals surface area contributed by atoms with Crippen molar-refractivity contribution in [1.82, 2.24) is 14.8 Å². The molecule has 0 aliphatic carbocycles. The number of nitrogens with one attached hydrogen (secondary N) is 2. The van der Waals surface area contributed by atoms with Crippen molar-refractivity contribution in [1.29, 1.82) is 0 Å². The van der Waals surface area contributed by atoms with Crippen LogP contribution in [0.5, 0.6) is 11.5 Å². The molecule has 3 aromatic rings. The molecule has 0 aliphatic rings. The lowest BCUT2D eigenvalue weighted by atomic mass is 10.0. The van der Waals surface area contributed by atoms with Gasteiger partial charge in [0.05, 0.1) is 25.9 Å². The van der Waals surface area contributed by atoms with Crippen molar-refractivity contribution < 1.29 is 14.3 Å². The summed E-state index contributed by atoms with van der Waals surface area (Å²) in [6, 6.07) is 13.3. The Bertz CT molecular complexity index is 997. The average molecular weight is 396 g/mol. The van der Waals surface area contributed by atoms with Crippen LogP contribution >= 0.6 is 0 Å². The van der Waals surface area contributed by atoms with Crippen LogP contribution in [0.2, 0.25) is 0 Å². The monoisotopic (exact) mass is 396 g/mol. The zero-order valence-corrected chi connectivity index (χ0v) is 17.5. The molecule has 0 spiro atoms. The smallest absolute Gasteiger partial charge is 0.319 e. The number of ether oxygens (including phenoxy) is 2. The number of aromatic nitrogens is 1. The van der Waals surface area contributed by atoms with E-state index in [0.717, 1.165) is 0 Å². The number of methoxy groups -OCH3 is 2. The SMILES string of the molecule is COc1ccc(NC(=O)NCC(c2cn(C)c3ccccc23)N(C)C)c(OC)c1. The summed E-state index contributed by atoms with van der Waals surface area (Å²) >= 11 is 0. The Morgan fingerprint density at radius 3 is 2.59 bits per heavy atom. The fraction of sp³-hybridized carbons (Fsp3) is 0.318. The lowest BCUT2D eigenvalue weighted by Crippen LogP contribution is -2.36. The van der Waals surface area contributed by atoms with Crippen LogP contribution in [-0.2, 0) is 7.05 Å². The minimum Gasteiger partial charge on any atom is -0.497 e. The third-order valence-corrected chi connectivity index (χ3v) is 5.02. The van der Waals surface area contributed by atoms with Gasteiger partial charge in [0.25, 0.3) is 0 Å². The standard InChI is InChI=1S/C22H28N4O3/c1-25(2)20(17-14-26(3)19-9-7-6-8-16(17)19)13-23-22(27)24-18-11-10-15(28-4)12-21(18)29-5/h6-12,14,20H,13H2,1-5H3,(H2,23,24,27). The first-order chi connectivity index (χ1) is 13.9. The van der Waals surface area contributed by atoms with Crippen LogP contribution in [-0.4, -0.2) is 50.4 Å². The summed E-state index contributed by atoms with van der Waals surface area (Å²) < 4.78 is 12.6. The molecule has 2 N–H and O–H groups in total. The van der Waals surface area contributed by atoms with Crippen LogP contribution in [0.4, 0.5) is 10.5 Å². The molecule has 3 rings (SSSR count). The number of para-hydroxylation sites is 1. The Balaban J connectivity index is 1.73. The molecule has 0 aliphatic heterocycles. The summed E-state index contributed by atoms with van der Waals surface area (Å²) in [6.45, 7) is 0.464. The highest BCUT2D eigenvalue weighted by Gasteiger charge is 2.20. The first-order valence-corrected chi connectivity index (χ1v) is 9.42. The van der Waals surface area contributed by atoms with Gasteiger partial charge in [0.1, 0.15) is 11.5 Å². The molecule has 0 saturated carbocycles. The molecule has 7 nitrogen and oxygen atoms in total. The van der Waals surface area contributed by atoms with E-state index in [2.05, 4.69) is 38.4 Å². The van der Waals surface area contributed by atoms with E-state index in [4.69, 9.17) is 9.47 Å². The number of nitrogens with zero attached hydrogens (tertiary/aromatic N) is 2. The third kappa shape index (κ3) is 4.46. The van der Waals surface area contributed by atoms with Crippen LogP contribution in [0, 0.1) is 0 Å². The Kier molecular flexibility index (Phi) is 6.29. The molecular weight excluding hydrogens is 368 g/mol. The molecule has 7 heteroatoms. The minimum absolute atomic E-state index is 0.0320. The van der Waals surface area contributed by atoms with E-state index in [1.165, 1.54) is 16.5 Å².